The summed E-state index contributed by atoms with van der Waals surface area (Å²) in [5.74, 6) is 0.798. The fourth-order valence-corrected chi connectivity index (χ4v) is 4.03. The number of benzene rings is 1. The Balaban J connectivity index is 1.65. The van der Waals surface area contributed by atoms with Crippen LogP contribution < -0.4 is 5.56 Å². The maximum Gasteiger partial charge on any atom is 0.256 e. The number of fused-ring (bicyclic) bond motifs is 1. The highest BCUT2D eigenvalue weighted by Gasteiger charge is 2.21. The quantitative estimate of drug-likeness (QED) is 0.608. The molecule has 0 spiro atoms. The van der Waals surface area contributed by atoms with E-state index < -0.39 is 0 Å². The Morgan fingerprint density at radius 2 is 2.00 bits per heavy atom. The van der Waals surface area contributed by atoms with E-state index in [2.05, 4.69) is 54.9 Å². The van der Waals surface area contributed by atoms with Gasteiger partial charge in [-0.15, -0.1) is 0 Å². The van der Waals surface area contributed by atoms with Crippen molar-refractivity contribution in [3.8, 4) is 0 Å². The SMILES string of the molecule is COCCN1CCc2nc(SCc3ccc(C(C)(C)C)cc3)[nH]c(=O)c2C1. The summed E-state index contributed by atoms with van der Waals surface area (Å²) in [4.78, 5) is 22.4. The second-order valence-corrected chi connectivity index (χ2v) is 9.01. The fraction of sp³-hybridized carbons (Fsp3) is 0.524. The van der Waals surface area contributed by atoms with Crippen molar-refractivity contribution < 1.29 is 4.74 Å². The van der Waals surface area contributed by atoms with Crippen LogP contribution in [0.3, 0.4) is 0 Å². The van der Waals surface area contributed by atoms with Crippen molar-refractivity contribution in [3.63, 3.8) is 0 Å². The first-order valence-electron chi connectivity index (χ1n) is 9.42. The van der Waals surface area contributed by atoms with Crippen LogP contribution in [0.5, 0.6) is 0 Å². The second kappa shape index (κ2) is 8.59. The Kier molecular flexibility index (Phi) is 6.40. The number of aromatic nitrogens is 2. The molecule has 0 radical (unpaired) electrons. The van der Waals surface area contributed by atoms with Crippen molar-refractivity contribution in [1.29, 1.82) is 0 Å². The lowest BCUT2D eigenvalue weighted by Gasteiger charge is -2.27. The molecule has 0 bridgehead atoms. The monoisotopic (exact) mass is 387 g/mol. The molecule has 27 heavy (non-hydrogen) atoms. The van der Waals surface area contributed by atoms with Crippen molar-refractivity contribution in [2.75, 3.05) is 26.8 Å². The Morgan fingerprint density at radius 3 is 2.67 bits per heavy atom. The number of rotatable bonds is 6. The molecule has 0 aliphatic carbocycles. The maximum atomic E-state index is 12.5. The third-order valence-corrected chi connectivity index (χ3v) is 5.88. The van der Waals surface area contributed by atoms with Gasteiger partial charge >= 0.3 is 0 Å². The van der Waals surface area contributed by atoms with Crippen LogP contribution >= 0.6 is 11.8 Å². The van der Waals surface area contributed by atoms with Crippen LogP contribution in [0.15, 0.2) is 34.2 Å². The van der Waals surface area contributed by atoms with E-state index in [1.807, 2.05) is 0 Å². The van der Waals surface area contributed by atoms with Crippen molar-refractivity contribution in [2.45, 2.75) is 50.1 Å². The number of hydrogen-bond acceptors (Lipinski definition) is 5. The normalized spacial score (nSPS) is 15.0. The number of hydrogen-bond donors (Lipinski definition) is 1. The Labute approximate surface area is 165 Å². The zero-order valence-electron chi connectivity index (χ0n) is 16.7. The molecule has 1 aliphatic rings. The highest BCUT2D eigenvalue weighted by molar-refractivity contribution is 7.98. The van der Waals surface area contributed by atoms with Gasteiger partial charge in [-0.2, -0.15) is 0 Å². The molecule has 0 saturated heterocycles. The molecule has 5 nitrogen and oxygen atoms in total. The van der Waals surface area contributed by atoms with E-state index in [4.69, 9.17) is 9.72 Å². The average Bonchev–Trinajstić information content (AvgIpc) is 2.64. The minimum Gasteiger partial charge on any atom is -0.383 e. The summed E-state index contributed by atoms with van der Waals surface area (Å²) >= 11 is 1.59. The van der Waals surface area contributed by atoms with Gasteiger partial charge in [0.2, 0.25) is 0 Å². The summed E-state index contributed by atoms with van der Waals surface area (Å²) in [7, 11) is 1.70. The molecule has 0 atom stereocenters. The maximum absolute atomic E-state index is 12.5. The van der Waals surface area contributed by atoms with Gasteiger partial charge in [-0.25, -0.2) is 4.98 Å². The van der Waals surface area contributed by atoms with E-state index in [1.54, 1.807) is 18.9 Å². The molecule has 3 rings (SSSR count). The lowest BCUT2D eigenvalue weighted by molar-refractivity contribution is 0.139. The van der Waals surface area contributed by atoms with Gasteiger partial charge in [0.25, 0.3) is 5.56 Å². The first-order chi connectivity index (χ1) is 12.9. The van der Waals surface area contributed by atoms with Crippen molar-refractivity contribution in [2.24, 2.45) is 0 Å². The highest BCUT2D eigenvalue weighted by atomic mass is 32.2. The third-order valence-electron chi connectivity index (χ3n) is 4.93. The van der Waals surface area contributed by atoms with Crippen LogP contribution in [-0.2, 0) is 28.9 Å². The summed E-state index contributed by atoms with van der Waals surface area (Å²) in [6, 6.07) is 8.70. The summed E-state index contributed by atoms with van der Waals surface area (Å²) in [5.41, 5.74) is 4.46. The van der Waals surface area contributed by atoms with Crippen molar-refractivity contribution in [3.05, 3.63) is 57.0 Å². The van der Waals surface area contributed by atoms with Crippen LogP contribution in [0, 0.1) is 0 Å². The van der Waals surface area contributed by atoms with E-state index in [1.165, 1.54) is 11.1 Å². The molecule has 1 N–H and O–H groups in total. The zero-order valence-corrected chi connectivity index (χ0v) is 17.5. The molecule has 0 unspecified atom stereocenters. The molecule has 0 saturated carbocycles. The van der Waals surface area contributed by atoms with Gasteiger partial charge in [0, 0.05) is 38.9 Å². The molecular formula is C21H29N3O2S. The minimum atomic E-state index is -0.00676. The number of nitrogens with zero attached hydrogens (tertiary/aromatic N) is 2. The summed E-state index contributed by atoms with van der Waals surface area (Å²) in [5, 5.41) is 0.712. The minimum absolute atomic E-state index is 0.00676. The largest absolute Gasteiger partial charge is 0.383 e. The molecule has 0 amide bonds. The standard InChI is InChI=1S/C21H29N3O2S/c1-21(2,3)16-7-5-15(6-8-16)14-27-20-22-18-9-10-24(11-12-26-4)13-17(18)19(25)23-20/h5-8H,9-14H2,1-4H3,(H,22,23,25). The predicted octanol–water partition coefficient (Wildman–Crippen LogP) is 3.36. The van der Waals surface area contributed by atoms with E-state index in [0.717, 1.165) is 36.5 Å². The van der Waals surface area contributed by atoms with E-state index in [0.29, 0.717) is 18.3 Å². The van der Waals surface area contributed by atoms with Gasteiger partial charge in [-0.05, 0) is 16.5 Å². The van der Waals surface area contributed by atoms with E-state index in [-0.39, 0.29) is 11.0 Å². The van der Waals surface area contributed by atoms with Gasteiger partial charge in [0.15, 0.2) is 5.16 Å². The number of nitrogens with one attached hydrogen (secondary N) is 1. The lowest BCUT2D eigenvalue weighted by Crippen LogP contribution is -2.37. The van der Waals surface area contributed by atoms with Crippen LogP contribution in [0.4, 0.5) is 0 Å². The van der Waals surface area contributed by atoms with Crippen molar-refractivity contribution >= 4 is 11.8 Å². The van der Waals surface area contributed by atoms with Crippen LogP contribution in [0.2, 0.25) is 0 Å². The topological polar surface area (TPSA) is 58.2 Å². The van der Waals surface area contributed by atoms with Gasteiger partial charge in [0.05, 0.1) is 17.9 Å². The molecule has 2 heterocycles. The number of methoxy groups -OCH3 is 1. The van der Waals surface area contributed by atoms with Gasteiger partial charge in [0.1, 0.15) is 0 Å². The lowest BCUT2D eigenvalue weighted by atomic mass is 9.87. The van der Waals surface area contributed by atoms with Gasteiger partial charge in [-0.1, -0.05) is 56.8 Å². The Bertz CT molecular complexity index is 825. The molecule has 6 heteroatoms. The van der Waals surface area contributed by atoms with Gasteiger partial charge < -0.3 is 9.72 Å². The first-order valence-corrected chi connectivity index (χ1v) is 10.4. The Morgan fingerprint density at radius 1 is 1.26 bits per heavy atom. The van der Waals surface area contributed by atoms with Crippen LogP contribution in [0.25, 0.3) is 0 Å². The summed E-state index contributed by atoms with van der Waals surface area (Å²) in [6.45, 7) is 9.75. The number of aromatic amines is 1. The third kappa shape index (κ3) is 5.21. The van der Waals surface area contributed by atoms with E-state index in [9.17, 15) is 4.79 Å². The highest BCUT2D eigenvalue weighted by Crippen LogP contribution is 2.25. The molecule has 0 fully saturated rings. The average molecular weight is 388 g/mol. The van der Waals surface area contributed by atoms with Crippen LogP contribution in [0.1, 0.15) is 43.2 Å². The molecule has 146 valence electrons. The molecule has 2 aromatic rings. The molecular weight excluding hydrogens is 358 g/mol. The predicted molar refractivity (Wildman–Crippen MR) is 110 cm³/mol. The second-order valence-electron chi connectivity index (χ2n) is 8.05. The number of H-pyrrole nitrogens is 1. The molecule has 1 aromatic heterocycles. The zero-order chi connectivity index (χ0) is 19.4. The van der Waals surface area contributed by atoms with Gasteiger partial charge in [-0.3, -0.25) is 9.69 Å². The van der Waals surface area contributed by atoms with Crippen LogP contribution in [-0.4, -0.2) is 41.7 Å². The first kappa shape index (κ1) is 20.1. The number of thioether (sulfide) groups is 1. The summed E-state index contributed by atoms with van der Waals surface area (Å²) in [6.07, 6.45) is 0.816. The smallest absolute Gasteiger partial charge is 0.256 e. The number of ether oxygens (including phenoxy) is 1. The summed E-state index contributed by atoms with van der Waals surface area (Å²) < 4.78 is 5.14. The fourth-order valence-electron chi connectivity index (χ4n) is 3.19. The van der Waals surface area contributed by atoms with E-state index >= 15 is 0 Å². The molecule has 1 aliphatic heterocycles. The van der Waals surface area contributed by atoms with Crippen molar-refractivity contribution in [1.82, 2.24) is 14.9 Å². The Hall–Kier alpha value is -1.63. The molecule has 1 aromatic carbocycles.